The largest absolute Gasteiger partial charge is 0.338 e. The minimum atomic E-state index is -4.62. The smallest absolute Gasteiger partial charge is 0.295 e. The third-order valence-corrected chi connectivity index (χ3v) is 6.67. The molecule has 0 unspecified atom stereocenters. The van der Waals surface area contributed by atoms with Crippen molar-refractivity contribution in [1.82, 2.24) is 19.9 Å². The van der Waals surface area contributed by atoms with Gasteiger partial charge in [-0.15, -0.1) is 0 Å². The Morgan fingerprint density at radius 1 is 0.688 bits per heavy atom. The Hall–Kier alpha value is -3.58. The first kappa shape index (κ1) is 20.3. The molecule has 0 fully saturated rings. The first-order chi connectivity index (χ1) is 15.1. The number of nitrogens with zero attached hydrogens (tertiary/aromatic N) is 2. The van der Waals surface area contributed by atoms with Crippen LogP contribution in [0.4, 0.5) is 0 Å². The molecule has 0 saturated heterocycles. The predicted molar refractivity (Wildman–Crippen MR) is 116 cm³/mol. The minimum absolute atomic E-state index is 0.178. The second kappa shape index (κ2) is 6.97. The predicted octanol–water partition coefficient (Wildman–Crippen LogP) is 3.27. The highest BCUT2D eigenvalue weighted by Crippen LogP contribution is 2.31. The van der Waals surface area contributed by atoms with E-state index in [1.54, 1.807) is 24.3 Å². The molecule has 12 heteroatoms. The molecular formula is C20H14N4O6S2. The zero-order chi connectivity index (χ0) is 22.7. The summed E-state index contributed by atoms with van der Waals surface area (Å²) in [7, 11) is -9.02. The molecule has 0 aliphatic heterocycles. The molecule has 5 rings (SSSR count). The average Bonchev–Trinajstić information content (AvgIpc) is 3.35. The molecule has 0 aliphatic rings. The number of fused-ring (bicyclic) bond motifs is 2. The number of nitrogens with one attached hydrogen (secondary N) is 2. The number of hydrogen-bond donors (Lipinski definition) is 4. The maximum absolute atomic E-state index is 12.1. The Bertz CT molecular complexity index is 1700. The zero-order valence-electron chi connectivity index (χ0n) is 16.0. The van der Waals surface area contributed by atoms with Gasteiger partial charge in [-0.3, -0.25) is 9.11 Å². The number of aromatic nitrogens is 4. The third-order valence-electron chi connectivity index (χ3n) is 4.93. The summed E-state index contributed by atoms with van der Waals surface area (Å²) in [5.41, 5.74) is 2.59. The summed E-state index contributed by atoms with van der Waals surface area (Å²) in [6.45, 7) is 0. The van der Waals surface area contributed by atoms with Crippen molar-refractivity contribution in [2.75, 3.05) is 0 Å². The molecule has 0 amide bonds. The quantitative estimate of drug-likeness (QED) is 0.290. The van der Waals surface area contributed by atoms with Crippen molar-refractivity contribution in [3.05, 3.63) is 60.7 Å². The molecule has 0 spiro atoms. The second-order valence-electron chi connectivity index (χ2n) is 7.03. The van der Waals surface area contributed by atoms with E-state index in [2.05, 4.69) is 19.9 Å². The van der Waals surface area contributed by atoms with Gasteiger partial charge in [-0.25, -0.2) is 9.97 Å². The van der Waals surface area contributed by atoms with E-state index in [-0.39, 0.29) is 32.5 Å². The van der Waals surface area contributed by atoms with Crippen molar-refractivity contribution in [1.29, 1.82) is 0 Å². The van der Waals surface area contributed by atoms with Crippen LogP contribution in [0.1, 0.15) is 0 Å². The van der Waals surface area contributed by atoms with Crippen LogP contribution < -0.4 is 0 Å². The van der Waals surface area contributed by atoms with Crippen LogP contribution in [-0.2, 0) is 20.2 Å². The van der Waals surface area contributed by atoms with Crippen LogP contribution in [0.15, 0.2) is 70.5 Å². The van der Waals surface area contributed by atoms with Crippen molar-refractivity contribution in [3.8, 4) is 22.8 Å². The lowest BCUT2D eigenvalue weighted by Gasteiger charge is -2.07. The van der Waals surface area contributed by atoms with Gasteiger partial charge in [0.05, 0.1) is 27.0 Å². The van der Waals surface area contributed by atoms with Gasteiger partial charge in [0.1, 0.15) is 16.5 Å². The van der Waals surface area contributed by atoms with E-state index in [4.69, 9.17) is 0 Å². The van der Waals surface area contributed by atoms with Crippen molar-refractivity contribution < 1.29 is 25.9 Å². The Balaban J connectivity index is 1.66. The average molecular weight is 470 g/mol. The molecule has 2 heterocycles. The SMILES string of the molecule is O=S(=O)(O)c1ccc2[nH]c(-c3ccc(-c4nc5ccccc5[nH]4)c(S(=O)(=O)O)c3)nc2c1. The molecule has 2 aromatic heterocycles. The summed E-state index contributed by atoms with van der Waals surface area (Å²) in [5.74, 6) is 0.515. The monoisotopic (exact) mass is 470 g/mol. The van der Waals surface area contributed by atoms with Gasteiger partial charge in [0.15, 0.2) is 0 Å². The topological polar surface area (TPSA) is 166 Å². The van der Waals surface area contributed by atoms with Crippen molar-refractivity contribution in [2.45, 2.75) is 9.79 Å². The number of imidazole rings is 2. The number of benzene rings is 3. The minimum Gasteiger partial charge on any atom is -0.338 e. The highest BCUT2D eigenvalue weighted by molar-refractivity contribution is 7.86. The first-order valence-electron chi connectivity index (χ1n) is 9.14. The molecule has 0 atom stereocenters. The van der Waals surface area contributed by atoms with Crippen LogP contribution in [-0.4, -0.2) is 45.9 Å². The lowest BCUT2D eigenvalue weighted by atomic mass is 10.1. The van der Waals surface area contributed by atoms with Gasteiger partial charge in [-0.2, -0.15) is 16.8 Å². The number of para-hydroxylation sites is 2. The van der Waals surface area contributed by atoms with Crippen molar-refractivity contribution in [2.24, 2.45) is 0 Å². The van der Waals surface area contributed by atoms with Gasteiger partial charge in [0.2, 0.25) is 0 Å². The van der Waals surface area contributed by atoms with E-state index >= 15 is 0 Å². The second-order valence-corrected chi connectivity index (χ2v) is 9.84. The Labute approximate surface area is 181 Å². The number of H-pyrrole nitrogens is 2. The fourth-order valence-corrected chi connectivity index (χ4v) is 4.66. The maximum Gasteiger partial charge on any atom is 0.295 e. The van der Waals surface area contributed by atoms with Crippen molar-refractivity contribution >= 4 is 42.3 Å². The Kier molecular flexibility index (Phi) is 4.43. The van der Waals surface area contributed by atoms with Gasteiger partial charge in [0, 0.05) is 11.1 Å². The Morgan fingerprint density at radius 3 is 2.09 bits per heavy atom. The molecule has 3 aromatic carbocycles. The van der Waals surface area contributed by atoms with Crippen LogP contribution in [0.3, 0.4) is 0 Å². The van der Waals surface area contributed by atoms with Crippen LogP contribution in [0, 0.1) is 0 Å². The third kappa shape index (κ3) is 3.54. The molecule has 0 radical (unpaired) electrons. The van der Waals surface area contributed by atoms with E-state index in [1.165, 1.54) is 30.3 Å². The summed E-state index contributed by atoms with van der Waals surface area (Å²) >= 11 is 0. The first-order valence-corrected chi connectivity index (χ1v) is 12.0. The Morgan fingerprint density at radius 2 is 1.38 bits per heavy atom. The van der Waals surface area contributed by atoms with E-state index < -0.39 is 20.2 Å². The fourth-order valence-electron chi connectivity index (χ4n) is 3.44. The van der Waals surface area contributed by atoms with Crippen molar-refractivity contribution in [3.63, 3.8) is 0 Å². The summed E-state index contributed by atoms with van der Waals surface area (Å²) in [4.78, 5) is 14.0. The number of rotatable bonds is 4. The molecule has 10 nitrogen and oxygen atoms in total. The maximum atomic E-state index is 12.1. The summed E-state index contributed by atoms with van der Waals surface area (Å²) in [6, 6.07) is 15.4. The van der Waals surface area contributed by atoms with Crippen LogP contribution in [0.2, 0.25) is 0 Å². The molecule has 0 bridgehead atoms. The highest BCUT2D eigenvalue weighted by Gasteiger charge is 2.21. The van der Waals surface area contributed by atoms with E-state index in [1.807, 2.05) is 6.07 Å². The van der Waals surface area contributed by atoms with Gasteiger partial charge in [-0.05, 0) is 42.5 Å². The molecule has 4 N–H and O–H groups in total. The molecule has 5 aromatic rings. The highest BCUT2D eigenvalue weighted by atomic mass is 32.2. The van der Waals surface area contributed by atoms with E-state index in [9.17, 15) is 25.9 Å². The van der Waals surface area contributed by atoms with Gasteiger partial charge < -0.3 is 9.97 Å². The standard InChI is InChI=1S/C20H14N4O6S2/c25-31(26,27)12-6-8-16-17(10-12)24-19(21-16)11-5-7-13(18(9-11)32(28,29)30)20-22-14-3-1-2-4-15(14)23-20/h1-10H,(H,21,24)(H,22,23)(H,25,26,27)(H,28,29,30). The number of hydrogen-bond acceptors (Lipinski definition) is 6. The summed E-state index contributed by atoms with van der Waals surface area (Å²) in [6.07, 6.45) is 0. The zero-order valence-corrected chi connectivity index (χ0v) is 17.6. The summed E-state index contributed by atoms with van der Waals surface area (Å²) in [5, 5.41) is 0. The molecule has 0 saturated carbocycles. The fraction of sp³-hybridized carbons (Fsp3) is 0. The van der Waals surface area contributed by atoms with Gasteiger partial charge in [0.25, 0.3) is 20.2 Å². The molecule has 162 valence electrons. The molecule has 0 aliphatic carbocycles. The molecule has 32 heavy (non-hydrogen) atoms. The van der Waals surface area contributed by atoms with Crippen LogP contribution >= 0.6 is 0 Å². The normalized spacial score (nSPS) is 12.6. The van der Waals surface area contributed by atoms with Gasteiger partial charge >= 0.3 is 0 Å². The molecular weight excluding hydrogens is 456 g/mol. The lowest BCUT2D eigenvalue weighted by molar-refractivity contribution is 0.481. The summed E-state index contributed by atoms with van der Waals surface area (Å²) < 4.78 is 66.1. The van der Waals surface area contributed by atoms with Crippen LogP contribution in [0.5, 0.6) is 0 Å². The van der Waals surface area contributed by atoms with E-state index in [0.717, 1.165) is 0 Å². The van der Waals surface area contributed by atoms with Crippen LogP contribution in [0.25, 0.3) is 44.8 Å². The lowest BCUT2D eigenvalue weighted by Crippen LogP contribution is -2.02. The van der Waals surface area contributed by atoms with Gasteiger partial charge in [-0.1, -0.05) is 18.2 Å². The number of aromatic amines is 2. The van der Waals surface area contributed by atoms with E-state index in [0.29, 0.717) is 22.1 Å².